The molecule has 0 spiro atoms. The zero-order chi connectivity index (χ0) is 21.2. The van der Waals surface area contributed by atoms with Crippen LogP contribution in [0.5, 0.6) is 0 Å². The van der Waals surface area contributed by atoms with Crippen LogP contribution in [0.3, 0.4) is 0 Å². The lowest BCUT2D eigenvalue weighted by molar-refractivity contribution is -0.132. The first-order valence-electron chi connectivity index (χ1n) is 9.12. The van der Waals surface area contributed by atoms with Crippen LogP contribution in [-0.4, -0.2) is 23.5 Å². The van der Waals surface area contributed by atoms with Gasteiger partial charge >= 0.3 is 5.97 Å². The van der Waals surface area contributed by atoms with E-state index in [1.807, 2.05) is 18.4 Å². The Bertz CT molecular complexity index is 922. The normalized spacial score (nSPS) is 15.4. The summed E-state index contributed by atoms with van der Waals surface area (Å²) in [6.45, 7) is 10.2. The molecular weight excluding hydrogens is 406 g/mol. The Hall–Kier alpha value is -2.70. The van der Waals surface area contributed by atoms with Crippen LogP contribution in [0.2, 0.25) is 0 Å². The first kappa shape index (κ1) is 22.6. The van der Waals surface area contributed by atoms with E-state index in [9.17, 15) is 9.90 Å². The van der Waals surface area contributed by atoms with Crippen LogP contribution in [0.4, 0.5) is 0 Å². The molecule has 0 unspecified atom stereocenters. The average Bonchev–Trinajstić information content (AvgIpc) is 3.14. The summed E-state index contributed by atoms with van der Waals surface area (Å²) in [5, 5.41) is 14.9. The van der Waals surface area contributed by atoms with E-state index in [4.69, 9.17) is 16.6 Å². The summed E-state index contributed by atoms with van der Waals surface area (Å²) in [6.07, 6.45) is 8.17. The van der Waals surface area contributed by atoms with Gasteiger partial charge in [-0.3, -0.25) is 4.99 Å². The number of nitrogens with zero attached hydrogens (tertiary/aromatic N) is 2. The summed E-state index contributed by atoms with van der Waals surface area (Å²) in [7, 11) is 0. The molecule has 0 aliphatic heterocycles. The van der Waals surface area contributed by atoms with Gasteiger partial charge in [-0.15, -0.1) is 17.9 Å². The Morgan fingerprint density at radius 1 is 1.45 bits per heavy atom. The minimum Gasteiger partial charge on any atom is -0.478 e. The van der Waals surface area contributed by atoms with E-state index < -0.39 is 5.97 Å². The Morgan fingerprint density at radius 2 is 2.24 bits per heavy atom. The van der Waals surface area contributed by atoms with E-state index in [0.29, 0.717) is 29.5 Å². The molecule has 0 saturated heterocycles. The monoisotopic (exact) mass is 429 g/mol. The second-order valence-corrected chi connectivity index (χ2v) is 7.70. The van der Waals surface area contributed by atoms with E-state index >= 15 is 0 Å². The van der Waals surface area contributed by atoms with Crippen molar-refractivity contribution in [2.75, 3.05) is 0 Å². The molecule has 2 N–H and O–H groups in total. The van der Waals surface area contributed by atoms with Crippen molar-refractivity contribution >= 4 is 41.3 Å². The topological polar surface area (TPSA) is 74.0 Å². The van der Waals surface area contributed by atoms with Crippen molar-refractivity contribution in [2.24, 2.45) is 9.98 Å². The number of hydrogen-bond acceptors (Lipinski definition) is 5. The molecule has 1 aromatic heterocycles. The molecule has 7 heteroatoms. The molecule has 2 rings (SSSR count). The average molecular weight is 430 g/mol. The predicted molar refractivity (Wildman–Crippen MR) is 123 cm³/mol. The molecular formula is C22H24ClN3O2S. The van der Waals surface area contributed by atoms with Crippen molar-refractivity contribution in [1.29, 1.82) is 0 Å². The Kier molecular flexibility index (Phi) is 8.83. The third-order valence-electron chi connectivity index (χ3n) is 4.15. The van der Waals surface area contributed by atoms with Gasteiger partial charge < -0.3 is 10.4 Å². The SMILES string of the molecule is C=CC/C(C(CC)=NCc1cccs1)=C(/N=C)NC1=CC=C(C(=O)O)CC(Cl)=C1. The van der Waals surface area contributed by atoms with E-state index in [1.165, 1.54) is 11.0 Å². The van der Waals surface area contributed by atoms with E-state index in [0.717, 1.165) is 17.7 Å². The highest BCUT2D eigenvalue weighted by molar-refractivity contribution is 7.09. The number of aliphatic imine (C=N–C) groups is 2. The number of thiophene rings is 1. The van der Waals surface area contributed by atoms with Crippen LogP contribution >= 0.6 is 22.9 Å². The maximum Gasteiger partial charge on any atom is 0.331 e. The molecule has 0 saturated carbocycles. The van der Waals surface area contributed by atoms with Crippen LogP contribution in [0, 0.1) is 0 Å². The van der Waals surface area contributed by atoms with Crippen LogP contribution in [-0.2, 0) is 11.3 Å². The smallest absolute Gasteiger partial charge is 0.331 e. The van der Waals surface area contributed by atoms with Crippen molar-refractivity contribution in [3.63, 3.8) is 0 Å². The summed E-state index contributed by atoms with van der Waals surface area (Å²) in [6, 6.07) is 4.06. The van der Waals surface area contributed by atoms with Crippen molar-refractivity contribution in [3.05, 3.63) is 81.0 Å². The maximum absolute atomic E-state index is 11.3. The van der Waals surface area contributed by atoms with E-state index in [-0.39, 0.29) is 12.0 Å². The summed E-state index contributed by atoms with van der Waals surface area (Å²) in [4.78, 5) is 21.4. The minimum atomic E-state index is -0.993. The van der Waals surface area contributed by atoms with Gasteiger partial charge in [0.25, 0.3) is 0 Å². The molecule has 152 valence electrons. The number of allylic oxidation sites excluding steroid dienone is 6. The molecule has 1 aliphatic carbocycles. The van der Waals surface area contributed by atoms with Crippen molar-refractivity contribution in [3.8, 4) is 0 Å². The summed E-state index contributed by atoms with van der Waals surface area (Å²) < 4.78 is 0. The van der Waals surface area contributed by atoms with Gasteiger partial charge in [0, 0.05) is 38.9 Å². The number of carboxylic acid groups (broad SMARTS) is 1. The van der Waals surface area contributed by atoms with Gasteiger partial charge in [-0.05, 0) is 49.2 Å². The summed E-state index contributed by atoms with van der Waals surface area (Å²) in [5.41, 5.74) is 2.66. The molecule has 1 aromatic rings. The summed E-state index contributed by atoms with van der Waals surface area (Å²) >= 11 is 7.86. The number of rotatable bonds is 10. The number of nitrogens with one attached hydrogen (secondary N) is 1. The van der Waals surface area contributed by atoms with Gasteiger partial charge in [0.1, 0.15) is 5.82 Å². The third kappa shape index (κ3) is 6.69. The molecule has 0 fully saturated rings. The largest absolute Gasteiger partial charge is 0.478 e. The Labute approximate surface area is 180 Å². The first-order chi connectivity index (χ1) is 14.0. The summed E-state index contributed by atoms with van der Waals surface area (Å²) in [5.74, 6) is -0.441. The Morgan fingerprint density at radius 3 is 2.83 bits per heavy atom. The molecule has 1 heterocycles. The fourth-order valence-electron chi connectivity index (χ4n) is 2.76. The minimum absolute atomic E-state index is 0.168. The maximum atomic E-state index is 11.3. The fraction of sp³-hybridized carbons (Fsp3) is 0.227. The number of hydrogen-bond donors (Lipinski definition) is 2. The third-order valence-corrected chi connectivity index (χ3v) is 5.26. The second kappa shape index (κ2) is 11.3. The molecule has 1 aliphatic rings. The highest BCUT2D eigenvalue weighted by atomic mass is 35.5. The highest BCUT2D eigenvalue weighted by Crippen LogP contribution is 2.22. The lowest BCUT2D eigenvalue weighted by Crippen LogP contribution is -2.16. The highest BCUT2D eigenvalue weighted by Gasteiger charge is 2.15. The van der Waals surface area contributed by atoms with Gasteiger partial charge in [-0.1, -0.05) is 30.7 Å². The van der Waals surface area contributed by atoms with Crippen LogP contribution in [0.25, 0.3) is 0 Å². The lowest BCUT2D eigenvalue weighted by atomic mass is 10.0. The van der Waals surface area contributed by atoms with Gasteiger partial charge in [-0.2, -0.15) is 0 Å². The first-order valence-corrected chi connectivity index (χ1v) is 10.4. The second-order valence-electron chi connectivity index (χ2n) is 6.19. The molecule has 0 atom stereocenters. The number of carbonyl (C=O) groups is 1. The molecule has 29 heavy (non-hydrogen) atoms. The van der Waals surface area contributed by atoms with E-state index in [2.05, 4.69) is 29.7 Å². The zero-order valence-electron chi connectivity index (χ0n) is 16.3. The fourth-order valence-corrected chi connectivity index (χ4v) is 3.65. The van der Waals surface area contributed by atoms with Crippen molar-refractivity contribution < 1.29 is 9.90 Å². The van der Waals surface area contributed by atoms with Gasteiger partial charge in [0.2, 0.25) is 0 Å². The zero-order valence-corrected chi connectivity index (χ0v) is 17.9. The molecule has 0 amide bonds. The predicted octanol–water partition coefficient (Wildman–Crippen LogP) is 5.60. The standard InChI is InChI=1S/C22H24ClN3O2S/c1-4-7-19(20(5-2)25-14-18-8-6-11-29-18)21(24-3)26-17-10-9-15(22(27)28)12-16(23)13-17/h4,6,8-11,13,26H,1,3,5,7,12,14H2,2H3,(H,27,28)/b21-19+,25-20?. The van der Waals surface area contributed by atoms with E-state index in [1.54, 1.807) is 29.6 Å². The molecule has 0 bridgehead atoms. The number of carboxylic acids is 1. The van der Waals surface area contributed by atoms with Crippen molar-refractivity contribution in [2.45, 2.75) is 32.7 Å². The molecule has 5 nitrogen and oxygen atoms in total. The Balaban J connectivity index is 2.39. The van der Waals surface area contributed by atoms with Gasteiger partial charge in [0.05, 0.1) is 6.54 Å². The van der Waals surface area contributed by atoms with Gasteiger partial charge in [0.15, 0.2) is 0 Å². The lowest BCUT2D eigenvalue weighted by Gasteiger charge is -2.15. The number of aliphatic carboxylic acids is 1. The van der Waals surface area contributed by atoms with Gasteiger partial charge in [-0.25, -0.2) is 9.79 Å². The molecule has 0 radical (unpaired) electrons. The van der Waals surface area contributed by atoms with Crippen LogP contribution in [0.1, 0.15) is 31.1 Å². The van der Waals surface area contributed by atoms with Crippen LogP contribution < -0.4 is 5.32 Å². The molecule has 0 aromatic carbocycles. The quantitative estimate of drug-likeness (QED) is 0.375. The van der Waals surface area contributed by atoms with Crippen molar-refractivity contribution in [1.82, 2.24) is 5.32 Å². The number of halogens is 1. The van der Waals surface area contributed by atoms with Crippen LogP contribution in [0.15, 0.2) is 86.1 Å².